The Morgan fingerprint density at radius 3 is 2.10 bits per heavy atom. The van der Waals surface area contributed by atoms with Gasteiger partial charge in [-0.2, -0.15) is 0 Å². The van der Waals surface area contributed by atoms with Crippen LogP contribution in [-0.4, -0.2) is 6.17 Å². The molecule has 0 spiro atoms. The van der Waals surface area contributed by atoms with Gasteiger partial charge in [-0.3, -0.25) is 0 Å². The fourth-order valence-electron chi connectivity index (χ4n) is 5.74. The minimum absolute atomic E-state index is 0.00768. The van der Waals surface area contributed by atoms with E-state index in [4.69, 9.17) is 11.5 Å². The lowest BCUT2D eigenvalue weighted by Crippen LogP contribution is -3.00. The molecule has 5 heteroatoms. The van der Waals surface area contributed by atoms with Crippen molar-refractivity contribution >= 4 is 38.9 Å². The Bertz CT molecular complexity index is 1750. The Balaban J connectivity index is 1.33. The van der Waals surface area contributed by atoms with Crippen molar-refractivity contribution in [2.24, 2.45) is 5.73 Å². The summed E-state index contributed by atoms with van der Waals surface area (Å²) in [6, 6.07) is 36.1. The van der Waals surface area contributed by atoms with Crippen molar-refractivity contribution in [1.82, 2.24) is 10.6 Å². The molecule has 3 atom stereocenters. The first-order chi connectivity index (χ1) is 20.5. The fraction of sp³-hybridized carbons (Fsp3) is 0.135. The second kappa shape index (κ2) is 12.0. The van der Waals surface area contributed by atoms with Gasteiger partial charge in [-0.25, -0.2) is 10.6 Å². The van der Waals surface area contributed by atoms with Gasteiger partial charge in [0.1, 0.15) is 0 Å². The lowest BCUT2D eigenvalue weighted by Gasteiger charge is -2.36. The van der Waals surface area contributed by atoms with Crippen LogP contribution in [0.15, 0.2) is 127 Å². The number of nitrogens with one attached hydrogen (secondary N) is 3. The van der Waals surface area contributed by atoms with E-state index in [1.165, 1.54) is 27.1 Å². The van der Waals surface area contributed by atoms with Gasteiger partial charge in [0.25, 0.3) is 0 Å². The Labute approximate surface area is 247 Å². The third-order valence-electron chi connectivity index (χ3n) is 8.07. The minimum Gasteiger partial charge on any atom is -0.698 e. The molecule has 0 bridgehead atoms. The minimum atomic E-state index is -0.159. The van der Waals surface area contributed by atoms with Crippen LogP contribution in [0.3, 0.4) is 0 Å². The van der Waals surface area contributed by atoms with Crippen molar-refractivity contribution in [3.05, 3.63) is 155 Å². The van der Waals surface area contributed by atoms with E-state index >= 15 is 0 Å². The second-order valence-electron chi connectivity index (χ2n) is 10.9. The van der Waals surface area contributed by atoms with Crippen molar-refractivity contribution in [3.63, 3.8) is 0 Å². The number of nitrogens with two attached hydrogens (primary N) is 2. The van der Waals surface area contributed by atoms with Crippen molar-refractivity contribution in [1.29, 1.82) is 0 Å². The molecule has 1 heterocycles. The van der Waals surface area contributed by atoms with Crippen molar-refractivity contribution in [2.45, 2.75) is 32.3 Å². The van der Waals surface area contributed by atoms with E-state index in [2.05, 4.69) is 101 Å². The number of quaternary nitrogens is 1. The topological polar surface area (TPSA) is 90.5 Å². The maximum atomic E-state index is 8.65. The summed E-state index contributed by atoms with van der Waals surface area (Å²) in [6.07, 6.45) is 7.67. The molecular weight excluding hydrogens is 514 g/mol. The van der Waals surface area contributed by atoms with Crippen LogP contribution in [0.4, 0.5) is 5.69 Å². The normalized spacial score (nSPS) is 20.0. The van der Waals surface area contributed by atoms with Gasteiger partial charge in [0, 0.05) is 5.56 Å². The van der Waals surface area contributed by atoms with Crippen LogP contribution in [-0.2, 0) is 0 Å². The summed E-state index contributed by atoms with van der Waals surface area (Å²) in [4.78, 5) is 0. The maximum absolute atomic E-state index is 8.65. The van der Waals surface area contributed by atoms with Crippen LogP contribution in [0, 0.1) is 0 Å². The molecule has 0 aromatic heterocycles. The molecule has 1 saturated heterocycles. The van der Waals surface area contributed by atoms with Crippen LogP contribution in [0.5, 0.6) is 0 Å². The summed E-state index contributed by atoms with van der Waals surface area (Å²) >= 11 is 0. The average molecular weight is 552 g/mol. The highest BCUT2D eigenvalue weighted by Crippen LogP contribution is 2.30. The Hall–Kier alpha value is -4.68. The van der Waals surface area contributed by atoms with E-state index in [1.807, 2.05) is 56.4 Å². The zero-order chi connectivity index (χ0) is 29.1. The summed E-state index contributed by atoms with van der Waals surface area (Å²) in [6.45, 7) is 4.00. The molecule has 5 aromatic carbocycles. The summed E-state index contributed by atoms with van der Waals surface area (Å²) < 4.78 is 0. The van der Waals surface area contributed by atoms with Crippen LogP contribution in [0.25, 0.3) is 38.9 Å². The molecule has 1 fully saturated rings. The summed E-state index contributed by atoms with van der Waals surface area (Å²) in [5, 5.41) is 14.7. The number of hydrogen-bond acceptors (Lipinski definition) is 3. The van der Waals surface area contributed by atoms with Crippen molar-refractivity contribution < 1.29 is 5.32 Å². The third-order valence-corrected chi connectivity index (χ3v) is 8.07. The monoisotopic (exact) mass is 551 g/mol. The van der Waals surface area contributed by atoms with Gasteiger partial charge in [-0.15, -0.1) is 5.69 Å². The smallest absolute Gasteiger partial charge is 0.183 e. The molecule has 1 aliphatic heterocycles. The lowest BCUT2D eigenvalue weighted by atomic mass is 10.00. The molecule has 6 rings (SSSR count). The molecule has 5 nitrogen and oxygen atoms in total. The first-order valence-electron chi connectivity index (χ1n) is 14.5. The number of rotatable bonds is 6. The zero-order valence-corrected chi connectivity index (χ0v) is 24.0. The Morgan fingerprint density at radius 1 is 0.762 bits per heavy atom. The summed E-state index contributed by atoms with van der Waals surface area (Å²) in [7, 11) is 0. The highest BCUT2D eigenvalue weighted by atomic mass is 15.4. The molecule has 1 aliphatic rings. The highest BCUT2D eigenvalue weighted by molar-refractivity contribution is 5.84. The number of benzene rings is 5. The van der Waals surface area contributed by atoms with Crippen molar-refractivity contribution in [3.8, 4) is 0 Å². The molecule has 42 heavy (non-hydrogen) atoms. The zero-order valence-electron chi connectivity index (χ0n) is 24.0. The highest BCUT2D eigenvalue weighted by Gasteiger charge is 2.33. The van der Waals surface area contributed by atoms with E-state index in [0.717, 1.165) is 28.0 Å². The largest absolute Gasteiger partial charge is 0.698 e. The molecule has 5 aromatic rings. The SMILES string of the molecule is C/C=C\c1cccc(/C(C)=C/C=C(\N)C2NC(c3ccc4ccccc4c3)NC(c3ccc4ccccc4c3)[NH2+]2)c1[NH-]. The summed E-state index contributed by atoms with van der Waals surface area (Å²) in [5.41, 5.74) is 21.9. The van der Waals surface area contributed by atoms with Crippen LogP contribution in [0.1, 0.15) is 48.4 Å². The molecule has 0 aliphatic carbocycles. The van der Waals surface area contributed by atoms with Gasteiger partial charge in [-0.1, -0.05) is 109 Å². The third kappa shape index (κ3) is 5.71. The van der Waals surface area contributed by atoms with Gasteiger partial charge < -0.3 is 16.8 Å². The number of allylic oxidation sites excluding steroid dienone is 4. The lowest BCUT2D eigenvalue weighted by molar-refractivity contribution is -0.741. The van der Waals surface area contributed by atoms with Gasteiger partial charge in [0.2, 0.25) is 0 Å². The molecule has 0 radical (unpaired) electrons. The van der Waals surface area contributed by atoms with Gasteiger partial charge in [-0.05, 0) is 75.9 Å². The standard InChI is InChI=1S/C37H36N5/c1-3-9-27-14-8-15-32(34(27)39)24(2)16-21-33(38)37-41-35(30-19-17-25-10-4-6-12-28(25)22-30)40-36(42-37)31-20-18-26-11-5-7-13-29(26)23-31/h3-23,35-37,39-42H,38H2,1-2H3/q-1/p+1/b9-3-,24-16+,33-21-. The number of hydrogen-bond donors (Lipinski definition) is 4. The van der Waals surface area contributed by atoms with E-state index in [0.29, 0.717) is 5.69 Å². The molecular formula is C37H37N5. The predicted octanol–water partition coefficient (Wildman–Crippen LogP) is 7.44. The number of fused-ring (bicyclic) bond motifs is 2. The quantitative estimate of drug-likeness (QED) is 0.165. The molecule has 210 valence electrons. The van der Waals surface area contributed by atoms with E-state index in [-0.39, 0.29) is 18.5 Å². The summed E-state index contributed by atoms with van der Waals surface area (Å²) in [5.74, 6) is 0. The molecule has 0 amide bonds. The van der Waals surface area contributed by atoms with Gasteiger partial charge >= 0.3 is 0 Å². The first-order valence-corrected chi connectivity index (χ1v) is 14.5. The molecule has 3 unspecified atom stereocenters. The van der Waals surface area contributed by atoms with E-state index in [9.17, 15) is 0 Å². The average Bonchev–Trinajstić information content (AvgIpc) is 3.03. The van der Waals surface area contributed by atoms with E-state index < -0.39 is 0 Å². The van der Waals surface area contributed by atoms with Crippen LogP contribution < -0.4 is 21.7 Å². The predicted molar refractivity (Wildman–Crippen MR) is 176 cm³/mol. The van der Waals surface area contributed by atoms with Crippen LogP contribution >= 0.6 is 0 Å². The van der Waals surface area contributed by atoms with Crippen molar-refractivity contribution in [2.75, 3.05) is 0 Å². The Kier molecular flexibility index (Phi) is 7.89. The van der Waals surface area contributed by atoms with Gasteiger partial charge in [0.05, 0.1) is 11.9 Å². The maximum Gasteiger partial charge on any atom is 0.183 e. The Morgan fingerprint density at radius 2 is 1.40 bits per heavy atom. The molecule has 0 saturated carbocycles. The molecule has 7 N–H and O–H groups in total. The fourth-order valence-corrected chi connectivity index (χ4v) is 5.74. The first kappa shape index (κ1) is 27.5. The van der Waals surface area contributed by atoms with Gasteiger partial charge in [0.15, 0.2) is 12.3 Å². The second-order valence-corrected chi connectivity index (χ2v) is 10.9. The van der Waals surface area contributed by atoms with E-state index in [1.54, 1.807) is 0 Å². The van der Waals surface area contributed by atoms with Crippen LogP contribution in [0.2, 0.25) is 0 Å².